The summed E-state index contributed by atoms with van der Waals surface area (Å²) >= 11 is 0. The summed E-state index contributed by atoms with van der Waals surface area (Å²) < 4.78 is 65.7. The van der Waals surface area contributed by atoms with Crippen LogP contribution in [0.4, 0.5) is 27.6 Å². The number of aliphatic hydroxyl groups excluding tert-OH is 1. The molecule has 168 valence electrons. The quantitative estimate of drug-likeness (QED) is 0.240. The second kappa shape index (κ2) is 8.16. The first kappa shape index (κ1) is 22.2. The molecule has 1 aliphatic heterocycles. The monoisotopic (exact) mass is 459 g/mol. The number of Topliss-reactive ketones (excluding diaryl/α,β-unsaturated/α-hetero) is 1. The van der Waals surface area contributed by atoms with Gasteiger partial charge in [-0.15, -0.1) is 0 Å². The third-order valence-electron chi connectivity index (χ3n) is 5.22. The van der Waals surface area contributed by atoms with Crippen molar-refractivity contribution >= 4 is 23.1 Å². The van der Waals surface area contributed by atoms with Crippen molar-refractivity contribution in [2.45, 2.75) is 12.2 Å². The minimum absolute atomic E-state index is 0.0300. The van der Waals surface area contributed by atoms with Gasteiger partial charge in [-0.25, -0.2) is 8.78 Å². The van der Waals surface area contributed by atoms with Gasteiger partial charge in [0.25, 0.3) is 11.7 Å². The normalized spacial score (nSPS) is 18.1. The first-order valence-corrected chi connectivity index (χ1v) is 9.57. The maximum absolute atomic E-state index is 13.5. The number of hydrogen-bond acceptors (Lipinski definition) is 3. The zero-order valence-corrected chi connectivity index (χ0v) is 16.6. The Hall–Kier alpha value is -4.01. The minimum atomic E-state index is -4.61. The zero-order chi connectivity index (χ0) is 23.9. The molecule has 1 unspecified atom stereocenters. The molecule has 3 aromatic carbocycles. The lowest BCUT2D eigenvalue weighted by molar-refractivity contribution is -0.137. The Morgan fingerprint density at radius 2 is 1.30 bits per heavy atom. The second-order valence-electron chi connectivity index (χ2n) is 7.27. The average Bonchev–Trinajstić information content (AvgIpc) is 3.04. The Labute approximate surface area is 184 Å². The Morgan fingerprint density at radius 3 is 1.82 bits per heavy atom. The number of anilines is 1. The van der Waals surface area contributed by atoms with Gasteiger partial charge in [0.2, 0.25) is 0 Å². The van der Waals surface area contributed by atoms with Crippen LogP contribution in [0, 0.1) is 11.6 Å². The maximum Gasteiger partial charge on any atom is 0.416 e. The molecular formula is C24H14F5NO3. The van der Waals surface area contributed by atoms with E-state index < -0.39 is 46.9 Å². The zero-order valence-electron chi connectivity index (χ0n) is 16.6. The summed E-state index contributed by atoms with van der Waals surface area (Å²) in [6.45, 7) is 0. The molecule has 0 bridgehead atoms. The summed E-state index contributed by atoms with van der Waals surface area (Å²) in [7, 11) is 0. The van der Waals surface area contributed by atoms with Gasteiger partial charge in [0.1, 0.15) is 17.4 Å². The molecule has 1 saturated heterocycles. The fourth-order valence-corrected chi connectivity index (χ4v) is 3.63. The molecule has 1 fully saturated rings. The third kappa shape index (κ3) is 4.09. The number of amides is 1. The average molecular weight is 459 g/mol. The number of nitrogens with zero attached hydrogens (tertiary/aromatic N) is 1. The number of carbonyl (C=O) groups excluding carboxylic acids is 2. The molecule has 3 aromatic rings. The van der Waals surface area contributed by atoms with E-state index in [9.17, 15) is 36.6 Å². The van der Waals surface area contributed by atoms with Crippen molar-refractivity contribution in [3.63, 3.8) is 0 Å². The molecule has 0 aromatic heterocycles. The predicted octanol–water partition coefficient (Wildman–Crippen LogP) is 5.61. The number of aliphatic hydroxyl groups is 1. The molecule has 4 rings (SSSR count). The molecule has 0 saturated carbocycles. The van der Waals surface area contributed by atoms with Gasteiger partial charge in [-0.05, 0) is 66.2 Å². The first-order valence-electron chi connectivity index (χ1n) is 9.57. The van der Waals surface area contributed by atoms with Crippen LogP contribution in [0.3, 0.4) is 0 Å². The molecule has 0 radical (unpaired) electrons. The highest BCUT2D eigenvalue weighted by atomic mass is 19.4. The van der Waals surface area contributed by atoms with Crippen LogP contribution in [-0.2, 0) is 15.8 Å². The van der Waals surface area contributed by atoms with Crippen molar-refractivity contribution < 1.29 is 36.6 Å². The fraction of sp³-hybridized carbons (Fsp3) is 0.0833. The maximum atomic E-state index is 13.5. The van der Waals surface area contributed by atoms with Crippen molar-refractivity contribution in [3.8, 4) is 0 Å². The molecule has 1 aliphatic rings. The van der Waals surface area contributed by atoms with Crippen LogP contribution >= 0.6 is 0 Å². The molecule has 9 heteroatoms. The standard InChI is InChI=1S/C24H14F5NO3/c25-16-7-1-13(2-8-16)20-19(21(31)14-3-9-17(26)10-4-14)22(32)23(33)30(20)18-11-5-15(6-12-18)24(27,28)29/h1-12,20,31H/b21-19+. The smallest absolute Gasteiger partial charge is 0.416 e. The Kier molecular flexibility index (Phi) is 5.49. The van der Waals surface area contributed by atoms with Gasteiger partial charge in [0, 0.05) is 11.3 Å². The predicted molar refractivity (Wildman–Crippen MR) is 109 cm³/mol. The van der Waals surface area contributed by atoms with E-state index in [0.29, 0.717) is 0 Å². The van der Waals surface area contributed by atoms with E-state index in [0.717, 1.165) is 53.4 Å². The van der Waals surface area contributed by atoms with Gasteiger partial charge in [-0.2, -0.15) is 13.2 Å². The highest BCUT2D eigenvalue weighted by molar-refractivity contribution is 6.51. The Balaban J connectivity index is 1.89. The molecule has 0 spiro atoms. The van der Waals surface area contributed by atoms with Crippen LogP contribution in [-0.4, -0.2) is 16.8 Å². The molecule has 1 amide bonds. The van der Waals surface area contributed by atoms with Crippen LogP contribution in [0.15, 0.2) is 78.4 Å². The topological polar surface area (TPSA) is 57.6 Å². The van der Waals surface area contributed by atoms with Crippen molar-refractivity contribution in [1.82, 2.24) is 0 Å². The molecule has 0 aliphatic carbocycles. The largest absolute Gasteiger partial charge is 0.507 e. The first-order chi connectivity index (χ1) is 15.6. The van der Waals surface area contributed by atoms with Gasteiger partial charge < -0.3 is 5.11 Å². The van der Waals surface area contributed by atoms with E-state index in [-0.39, 0.29) is 22.4 Å². The molecule has 1 N–H and O–H groups in total. The van der Waals surface area contributed by atoms with Crippen molar-refractivity contribution in [1.29, 1.82) is 0 Å². The second-order valence-corrected chi connectivity index (χ2v) is 7.27. The number of benzene rings is 3. The van der Waals surface area contributed by atoms with E-state index in [1.165, 1.54) is 24.3 Å². The minimum Gasteiger partial charge on any atom is -0.507 e. The highest BCUT2D eigenvalue weighted by Gasteiger charge is 2.47. The van der Waals surface area contributed by atoms with E-state index in [4.69, 9.17) is 0 Å². The Bertz CT molecular complexity index is 1250. The Morgan fingerprint density at radius 1 is 0.788 bits per heavy atom. The van der Waals surface area contributed by atoms with Crippen LogP contribution in [0.25, 0.3) is 5.76 Å². The van der Waals surface area contributed by atoms with Gasteiger partial charge >= 0.3 is 6.18 Å². The number of carbonyl (C=O) groups is 2. The fourth-order valence-electron chi connectivity index (χ4n) is 3.63. The van der Waals surface area contributed by atoms with Crippen LogP contribution < -0.4 is 4.90 Å². The molecular weight excluding hydrogens is 445 g/mol. The van der Waals surface area contributed by atoms with Gasteiger partial charge in [0.05, 0.1) is 17.2 Å². The van der Waals surface area contributed by atoms with Crippen LogP contribution in [0.1, 0.15) is 22.7 Å². The highest BCUT2D eigenvalue weighted by Crippen LogP contribution is 2.42. The van der Waals surface area contributed by atoms with Crippen molar-refractivity contribution in [2.24, 2.45) is 0 Å². The third-order valence-corrected chi connectivity index (χ3v) is 5.22. The summed E-state index contributed by atoms with van der Waals surface area (Å²) in [6, 6.07) is 11.6. The summed E-state index contributed by atoms with van der Waals surface area (Å²) in [6.07, 6.45) is -4.61. The number of halogens is 5. The summed E-state index contributed by atoms with van der Waals surface area (Å²) in [5.41, 5.74) is -1.06. The van der Waals surface area contributed by atoms with Crippen LogP contribution in [0.5, 0.6) is 0 Å². The van der Waals surface area contributed by atoms with Gasteiger partial charge in [-0.1, -0.05) is 12.1 Å². The van der Waals surface area contributed by atoms with Crippen LogP contribution in [0.2, 0.25) is 0 Å². The number of hydrogen-bond donors (Lipinski definition) is 1. The summed E-state index contributed by atoms with van der Waals surface area (Å²) in [5, 5.41) is 10.8. The lowest BCUT2D eigenvalue weighted by Gasteiger charge is -2.25. The van der Waals surface area contributed by atoms with E-state index in [2.05, 4.69) is 0 Å². The van der Waals surface area contributed by atoms with Gasteiger partial charge in [0.15, 0.2) is 0 Å². The van der Waals surface area contributed by atoms with E-state index in [1.807, 2.05) is 0 Å². The van der Waals surface area contributed by atoms with Crippen molar-refractivity contribution in [3.05, 3.63) is 107 Å². The lowest BCUT2D eigenvalue weighted by Crippen LogP contribution is -2.29. The summed E-state index contributed by atoms with van der Waals surface area (Å²) in [5.74, 6) is -3.97. The van der Waals surface area contributed by atoms with Crippen molar-refractivity contribution in [2.75, 3.05) is 4.90 Å². The molecule has 4 nitrogen and oxygen atoms in total. The SMILES string of the molecule is O=C1C(=O)N(c2ccc(C(F)(F)F)cc2)C(c2ccc(F)cc2)/C1=C(\O)c1ccc(F)cc1. The number of alkyl halides is 3. The molecule has 1 heterocycles. The number of rotatable bonds is 3. The molecule has 1 atom stereocenters. The van der Waals surface area contributed by atoms with E-state index >= 15 is 0 Å². The van der Waals surface area contributed by atoms with E-state index in [1.54, 1.807) is 0 Å². The van der Waals surface area contributed by atoms with Gasteiger partial charge in [-0.3, -0.25) is 14.5 Å². The molecule has 33 heavy (non-hydrogen) atoms. The number of ketones is 1. The lowest BCUT2D eigenvalue weighted by atomic mass is 9.95. The summed E-state index contributed by atoms with van der Waals surface area (Å²) in [4.78, 5) is 26.8.